The number of hydrogen-bond acceptors (Lipinski definition) is 8. The number of piperidine rings is 1. The van der Waals surface area contributed by atoms with Crippen LogP contribution in [0, 0.1) is 29.4 Å². The Hall–Kier alpha value is -4.67. The van der Waals surface area contributed by atoms with E-state index >= 15 is 0 Å². The highest BCUT2D eigenvalue weighted by Crippen LogP contribution is 2.36. The van der Waals surface area contributed by atoms with Gasteiger partial charge in [0.2, 0.25) is 0 Å². The minimum Gasteiger partial charge on any atom is -0.464 e. The molecule has 0 bridgehead atoms. The Labute approximate surface area is 212 Å². The van der Waals surface area contributed by atoms with Crippen LogP contribution in [0.5, 0.6) is 6.01 Å². The van der Waals surface area contributed by atoms with Crippen molar-refractivity contribution in [3.63, 3.8) is 0 Å². The smallest absolute Gasteiger partial charge is 0.420 e. The van der Waals surface area contributed by atoms with E-state index in [1.807, 2.05) is 4.40 Å². The summed E-state index contributed by atoms with van der Waals surface area (Å²) in [6, 6.07) is 13.6. The van der Waals surface area contributed by atoms with Gasteiger partial charge in [0.1, 0.15) is 11.6 Å². The van der Waals surface area contributed by atoms with Crippen LogP contribution < -0.4 is 10.5 Å². The van der Waals surface area contributed by atoms with E-state index < -0.39 is 5.76 Å². The van der Waals surface area contributed by atoms with Crippen LogP contribution in [-0.4, -0.2) is 55.6 Å². The van der Waals surface area contributed by atoms with Gasteiger partial charge in [-0.25, -0.2) is 14.8 Å². The van der Waals surface area contributed by atoms with Gasteiger partial charge in [-0.2, -0.15) is 10.2 Å². The highest BCUT2D eigenvalue weighted by Gasteiger charge is 2.23. The topological polar surface area (TPSA) is 114 Å². The number of fused-ring (bicyclic) bond motifs is 2. The predicted molar refractivity (Wildman–Crippen MR) is 135 cm³/mol. The van der Waals surface area contributed by atoms with E-state index in [0.717, 1.165) is 25.9 Å². The number of imidazole rings is 1. The summed E-state index contributed by atoms with van der Waals surface area (Å²) in [6.07, 6.45) is 7.41. The van der Waals surface area contributed by atoms with Gasteiger partial charge in [0.05, 0.1) is 23.4 Å². The lowest BCUT2D eigenvalue weighted by Gasteiger charge is -2.29. The average Bonchev–Trinajstić information content (AvgIpc) is 3.51. The first-order valence-corrected chi connectivity index (χ1v) is 12.0. The maximum absolute atomic E-state index is 12.0. The van der Waals surface area contributed by atoms with Gasteiger partial charge in [-0.3, -0.25) is 8.97 Å². The highest BCUT2D eigenvalue weighted by atomic mass is 16.5. The molecule has 0 N–H and O–H groups in total. The van der Waals surface area contributed by atoms with Crippen LogP contribution in [0.2, 0.25) is 0 Å². The van der Waals surface area contributed by atoms with Crippen molar-refractivity contribution in [3.05, 3.63) is 65.0 Å². The largest absolute Gasteiger partial charge is 0.464 e. The number of aromatic nitrogens is 5. The molecular weight excluding hydrogens is 470 g/mol. The molecule has 0 spiro atoms. The third kappa shape index (κ3) is 4.07. The molecule has 184 valence electrons. The van der Waals surface area contributed by atoms with E-state index in [9.17, 15) is 10.1 Å². The normalized spacial score (nSPS) is 16.1. The molecule has 5 aromatic rings. The first kappa shape index (κ1) is 22.8. The van der Waals surface area contributed by atoms with E-state index in [4.69, 9.17) is 14.1 Å². The summed E-state index contributed by atoms with van der Waals surface area (Å²) in [5, 5.41) is 9.23. The first-order valence-electron chi connectivity index (χ1n) is 12.0. The number of pyridine rings is 1. The van der Waals surface area contributed by atoms with Crippen molar-refractivity contribution in [2.75, 3.05) is 26.7 Å². The second-order valence-corrected chi connectivity index (χ2v) is 9.32. The van der Waals surface area contributed by atoms with Crippen LogP contribution in [0.1, 0.15) is 18.4 Å². The minimum atomic E-state index is -0.490. The van der Waals surface area contributed by atoms with Crippen molar-refractivity contribution in [3.8, 4) is 34.5 Å². The summed E-state index contributed by atoms with van der Waals surface area (Å²) in [5.41, 5.74) is 4.29. The first-order chi connectivity index (χ1) is 18.0. The molecule has 1 saturated heterocycles. The monoisotopic (exact) mass is 493 g/mol. The summed E-state index contributed by atoms with van der Waals surface area (Å²) >= 11 is 0. The zero-order valence-electron chi connectivity index (χ0n) is 20.4. The molecule has 0 aliphatic carbocycles. The van der Waals surface area contributed by atoms with Crippen molar-refractivity contribution in [2.45, 2.75) is 12.8 Å². The molecule has 0 radical (unpaired) electrons. The van der Waals surface area contributed by atoms with Gasteiger partial charge in [0.15, 0.2) is 16.9 Å². The zero-order chi connectivity index (χ0) is 25.5. The van der Waals surface area contributed by atoms with Gasteiger partial charge in [-0.05, 0) is 44.6 Å². The van der Waals surface area contributed by atoms with Gasteiger partial charge < -0.3 is 14.1 Å². The highest BCUT2D eigenvalue weighted by molar-refractivity contribution is 5.92. The molecule has 1 fully saturated rings. The van der Waals surface area contributed by atoms with E-state index in [2.05, 4.69) is 40.1 Å². The molecule has 1 aliphatic rings. The molecule has 1 aromatic carbocycles. The predicted octanol–water partition coefficient (Wildman–Crippen LogP) is 3.10. The number of rotatable bonds is 5. The molecule has 1 atom stereocenters. The lowest BCUT2D eigenvalue weighted by atomic mass is 10.00. The van der Waals surface area contributed by atoms with Crippen LogP contribution in [0.4, 0.5) is 0 Å². The number of aryl methyl sites for hydroxylation is 1. The molecule has 10 nitrogen and oxygen atoms in total. The van der Waals surface area contributed by atoms with Crippen molar-refractivity contribution < 1.29 is 9.15 Å². The lowest BCUT2D eigenvalue weighted by Crippen LogP contribution is -2.35. The quantitative estimate of drug-likeness (QED) is 0.367. The number of nitrogens with zero attached hydrogens (tertiary/aromatic N) is 7. The minimum absolute atomic E-state index is 0.359. The summed E-state index contributed by atoms with van der Waals surface area (Å²) in [4.78, 5) is 28.4. The van der Waals surface area contributed by atoms with Crippen LogP contribution >= 0.6 is 0 Å². The number of nitriles is 1. The van der Waals surface area contributed by atoms with Crippen LogP contribution in [0.25, 0.3) is 39.3 Å². The Bertz CT molecular complexity index is 1710. The molecule has 4 aromatic heterocycles. The van der Waals surface area contributed by atoms with Gasteiger partial charge in [-0.15, -0.1) is 0 Å². The summed E-state index contributed by atoms with van der Waals surface area (Å²) < 4.78 is 14.8. The average molecular weight is 494 g/mol. The number of likely N-dealkylation sites (tertiary alicyclic amines) is 1. The molecular formula is C27H23N7O3. The Morgan fingerprint density at radius 3 is 2.92 bits per heavy atom. The van der Waals surface area contributed by atoms with Gasteiger partial charge in [0.25, 0.3) is 0 Å². The van der Waals surface area contributed by atoms with E-state index in [1.165, 1.54) is 4.57 Å². The fraction of sp³-hybridized carbons (Fsp3) is 0.296. The van der Waals surface area contributed by atoms with Gasteiger partial charge in [0, 0.05) is 43.7 Å². The Kier molecular flexibility index (Phi) is 5.59. The molecule has 6 rings (SSSR count). The van der Waals surface area contributed by atoms with E-state index in [-0.39, 0.29) is 0 Å². The molecule has 0 amide bonds. The molecule has 5 heterocycles. The van der Waals surface area contributed by atoms with Crippen LogP contribution in [0.15, 0.2) is 46.0 Å². The van der Waals surface area contributed by atoms with Gasteiger partial charge >= 0.3 is 11.8 Å². The van der Waals surface area contributed by atoms with Gasteiger partial charge in [-0.1, -0.05) is 12.1 Å². The second kappa shape index (κ2) is 9.08. The third-order valence-electron chi connectivity index (χ3n) is 6.72. The molecule has 0 unspecified atom stereocenters. The SMILES string of the molecule is CN1CCC[C@@H](COc2nc(-c3c#cc(C#N)cc3)c(-c3cnc4c(c3)oc(=O)n4C)c3nccn23)C1. The molecule has 37 heavy (non-hydrogen) atoms. The number of hydrogen-bond donors (Lipinski definition) is 0. The van der Waals surface area contributed by atoms with Crippen molar-refractivity contribution in [1.82, 2.24) is 28.8 Å². The summed E-state index contributed by atoms with van der Waals surface area (Å²) in [7, 11) is 3.74. The second-order valence-electron chi connectivity index (χ2n) is 9.32. The van der Waals surface area contributed by atoms with Crippen molar-refractivity contribution >= 4 is 16.9 Å². The lowest BCUT2D eigenvalue weighted by molar-refractivity contribution is 0.143. The van der Waals surface area contributed by atoms with E-state index in [0.29, 0.717) is 63.4 Å². The standard InChI is InChI=1S/C27H23N7O3/c1-32-10-3-4-18(15-32)16-36-26-31-23(19-7-5-17(13-28)6-8-19)22(25-29-9-11-34(25)26)20-12-21-24(30-14-20)33(2)27(35)37-21/h5,7,9,11-12,14,18H,3-4,10,15-16H2,1-2H3/t18-/m1/s1. The Morgan fingerprint density at radius 1 is 1.24 bits per heavy atom. The fourth-order valence-electron chi connectivity index (χ4n) is 4.86. The van der Waals surface area contributed by atoms with Crippen molar-refractivity contribution in [1.29, 1.82) is 5.26 Å². The van der Waals surface area contributed by atoms with E-state index in [1.54, 1.807) is 43.8 Å². The summed E-state index contributed by atoms with van der Waals surface area (Å²) in [5.74, 6) is -0.0827. The maximum atomic E-state index is 12.0. The van der Waals surface area contributed by atoms with Crippen LogP contribution in [-0.2, 0) is 7.05 Å². The molecule has 1 aliphatic heterocycles. The number of oxazole rings is 1. The Morgan fingerprint density at radius 2 is 2.14 bits per heavy atom. The number of ether oxygens (including phenoxy) is 1. The molecule has 0 saturated carbocycles. The summed E-state index contributed by atoms with van der Waals surface area (Å²) in [6.45, 7) is 2.62. The zero-order valence-corrected chi connectivity index (χ0v) is 20.4. The molecule has 10 heteroatoms. The third-order valence-corrected chi connectivity index (χ3v) is 6.72. The Balaban J connectivity index is 1.51. The van der Waals surface area contributed by atoms with Crippen molar-refractivity contribution in [2.24, 2.45) is 13.0 Å². The maximum Gasteiger partial charge on any atom is 0.420 e. The van der Waals surface area contributed by atoms with Crippen LogP contribution in [0.3, 0.4) is 0 Å². The fourth-order valence-corrected chi connectivity index (χ4v) is 4.86.